The minimum atomic E-state index is -1.29. The van der Waals surface area contributed by atoms with E-state index in [-0.39, 0.29) is 30.0 Å². The first-order valence-corrected chi connectivity index (χ1v) is 5.41. The van der Waals surface area contributed by atoms with Crippen molar-refractivity contribution in [1.29, 1.82) is 5.26 Å². The first kappa shape index (κ1) is 14.3. The first-order valence-electron chi connectivity index (χ1n) is 5.41. The molecule has 1 aromatic carbocycles. The van der Waals surface area contributed by atoms with E-state index in [1.54, 1.807) is 0 Å². The number of nitrogens with zero attached hydrogens (tertiary/aromatic N) is 2. The number of nitriles is 1. The Labute approximate surface area is 109 Å². The Morgan fingerprint density at radius 1 is 1.47 bits per heavy atom. The smallest absolute Gasteiger partial charge is 0.339 e. The van der Waals surface area contributed by atoms with Gasteiger partial charge in [0.25, 0.3) is 0 Å². The van der Waals surface area contributed by atoms with Gasteiger partial charge < -0.3 is 20.4 Å². The van der Waals surface area contributed by atoms with E-state index in [0.717, 1.165) is 6.07 Å². The second-order valence-corrected chi connectivity index (χ2v) is 3.80. The zero-order chi connectivity index (χ0) is 14.4. The van der Waals surface area contributed by atoms with Crippen molar-refractivity contribution in [1.82, 2.24) is 4.90 Å². The van der Waals surface area contributed by atoms with Crippen LogP contribution in [0.5, 0.6) is 5.75 Å². The third-order valence-electron chi connectivity index (χ3n) is 2.38. The molecule has 0 atom stereocenters. The third kappa shape index (κ3) is 3.89. The first-order chi connectivity index (χ1) is 8.95. The summed E-state index contributed by atoms with van der Waals surface area (Å²) in [7, 11) is 1.52. The molecule has 0 heterocycles. The van der Waals surface area contributed by atoms with E-state index in [1.807, 2.05) is 6.07 Å². The number of hydrogen-bond acceptors (Lipinski definition) is 4. The minimum Gasteiger partial charge on any atom is -0.507 e. The van der Waals surface area contributed by atoms with Crippen LogP contribution in [0.3, 0.4) is 0 Å². The molecule has 0 aliphatic rings. The maximum absolute atomic E-state index is 11.7. The van der Waals surface area contributed by atoms with Gasteiger partial charge in [-0.2, -0.15) is 5.26 Å². The monoisotopic (exact) mass is 263 g/mol. The topological polar surface area (TPSA) is 114 Å². The van der Waals surface area contributed by atoms with Crippen LogP contribution < -0.4 is 5.32 Å². The van der Waals surface area contributed by atoms with E-state index in [4.69, 9.17) is 10.4 Å². The largest absolute Gasteiger partial charge is 0.507 e. The molecule has 0 aliphatic heterocycles. The molecule has 0 saturated carbocycles. The zero-order valence-corrected chi connectivity index (χ0v) is 10.3. The van der Waals surface area contributed by atoms with Crippen LogP contribution >= 0.6 is 0 Å². The van der Waals surface area contributed by atoms with E-state index in [0.29, 0.717) is 0 Å². The summed E-state index contributed by atoms with van der Waals surface area (Å²) in [5.41, 5.74) is -0.0403. The molecule has 1 rings (SSSR count). The standard InChI is InChI=1S/C12H13N3O4/c1-15(6-2-5-13)12(19)14-8-3-4-10(16)9(7-8)11(17)18/h3-4,7,16H,2,6H2,1H3,(H,14,19)(H,17,18). The Balaban J connectivity index is 2.78. The van der Waals surface area contributed by atoms with Gasteiger partial charge in [0, 0.05) is 19.3 Å². The van der Waals surface area contributed by atoms with Crippen LogP contribution in [-0.4, -0.2) is 40.7 Å². The Morgan fingerprint density at radius 3 is 2.74 bits per heavy atom. The summed E-state index contributed by atoms with van der Waals surface area (Å²) in [6, 6.07) is 5.19. The fourth-order valence-electron chi connectivity index (χ4n) is 1.32. The molecule has 0 aromatic heterocycles. The molecule has 0 bridgehead atoms. The minimum absolute atomic E-state index is 0.208. The van der Waals surface area contributed by atoms with E-state index in [9.17, 15) is 14.7 Å². The van der Waals surface area contributed by atoms with Crippen LogP contribution in [0.4, 0.5) is 10.5 Å². The van der Waals surface area contributed by atoms with Crippen molar-refractivity contribution in [2.45, 2.75) is 6.42 Å². The molecule has 0 saturated heterocycles. The van der Waals surface area contributed by atoms with Crippen molar-refractivity contribution < 1.29 is 19.8 Å². The highest BCUT2D eigenvalue weighted by molar-refractivity contribution is 5.95. The fraction of sp³-hybridized carbons (Fsp3) is 0.250. The summed E-state index contributed by atoms with van der Waals surface area (Å²) in [5.74, 6) is -1.66. The lowest BCUT2D eigenvalue weighted by Gasteiger charge is -2.16. The highest BCUT2D eigenvalue weighted by atomic mass is 16.4. The predicted octanol–water partition coefficient (Wildman–Crippen LogP) is 1.47. The summed E-state index contributed by atoms with van der Waals surface area (Å²) >= 11 is 0. The maximum atomic E-state index is 11.7. The van der Waals surface area contributed by atoms with Gasteiger partial charge in [-0.1, -0.05) is 0 Å². The molecule has 0 unspecified atom stereocenters. The molecule has 0 spiro atoms. The normalized spacial score (nSPS) is 9.47. The molecule has 0 fully saturated rings. The number of urea groups is 1. The van der Waals surface area contributed by atoms with Gasteiger partial charge in [-0.25, -0.2) is 9.59 Å². The van der Waals surface area contributed by atoms with Crippen molar-refractivity contribution in [2.24, 2.45) is 0 Å². The summed E-state index contributed by atoms with van der Waals surface area (Å²) in [6.45, 7) is 0.270. The number of aromatic hydroxyl groups is 1. The van der Waals surface area contributed by atoms with E-state index >= 15 is 0 Å². The van der Waals surface area contributed by atoms with Crippen molar-refractivity contribution in [2.75, 3.05) is 18.9 Å². The van der Waals surface area contributed by atoms with Gasteiger partial charge in [0.2, 0.25) is 0 Å². The van der Waals surface area contributed by atoms with Gasteiger partial charge in [0.1, 0.15) is 11.3 Å². The Kier molecular flexibility index (Phi) is 4.71. The summed E-state index contributed by atoms with van der Waals surface area (Å²) in [6.07, 6.45) is 0.208. The SMILES string of the molecule is CN(CCC#N)C(=O)Nc1ccc(O)c(C(=O)O)c1. The van der Waals surface area contributed by atoms with E-state index in [2.05, 4.69) is 5.32 Å². The molecule has 7 heteroatoms. The van der Waals surface area contributed by atoms with Crippen molar-refractivity contribution >= 4 is 17.7 Å². The molecular weight excluding hydrogens is 250 g/mol. The van der Waals surface area contributed by atoms with Gasteiger partial charge in [-0.15, -0.1) is 0 Å². The van der Waals surface area contributed by atoms with Crippen molar-refractivity contribution in [3.63, 3.8) is 0 Å². The van der Waals surface area contributed by atoms with Crippen LogP contribution in [0.15, 0.2) is 18.2 Å². The quantitative estimate of drug-likeness (QED) is 0.712. The number of nitrogens with one attached hydrogen (secondary N) is 1. The Morgan fingerprint density at radius 2 is 2.16 bits per heavy atom. The number of anilines is 1. The van der Waals surface area contributed by atoms with Gasteiger partial charge in [-0.05, 0) is 18.2 Å². The molecule has 7 nitrogen and oxygen atoms in total. The number of hydrogen-bond donors (Lipinski definition) is 3. The summed E-state index contributed by atoms with van der Waals surface area (Å²) in [4.78, 5) is 23.8. The maximum Gasteiger partial charge on any atom is 0.339 e. The molecule has 1 aromatic rings. The van der Waals surface area contributed by atoms with Crippen LogP contribution in [0.25, 0.3) is 0 Å². The number of carboxylic acid groups (broad SMARTS) is 1. The fourth-order valence-corrected chi connectivity index (χ4v) is 1.32. The average molecular weight is 263 g/mol. The number of benzene rings is 1. The number of carboxylic acids is 1. The van der Waals surface area contributed by atoms with Crippen molar-refractivity contribution in [3.05, 3.63) is 23.8 Å². The van der Waals surface area contributed by atoms with Gasteiger partial charge in [0.05, 0.1) is 12.5 Å². The summed E-state index contributed by atoms with van der Waals surface area (Å²) in [5, 5.41) is 29.0. The molecule has 3 N–H and O–H groups in total. The van der Waals surface area contributed by atoms with Crippen LogP contribution in [0.1, 0.15) is 16.8 Å². The molecule has 100 valence electrons. The Hall–Kier alpha value is -2.75. The van der Waals surface area contributed by atoms with Crippen LogP contribution in [-0.2, 0) is 0 Å². The third-order valence-corrected chi connectivity index (χ3v) is 2.38. The number of carbonyl (C=O) groups excluding carboxylic acids is 1. The van der Waals surface area contributed by atoms with Gasteiger partial charge in [-0.3, -0.25) is 0 Å². The molecular formula is C12H13N3O4. The lowest BCUT2D eigenvalue weighted by atomic mass is 10.2. The summed E-state index contributed by atoms with van der Waals surface area (Å²) < 4.78 is 0. The second-order valence-electron chi connectivity index (χ2n) is 3.80. The van der Waals surface area contributed by atoms with Crippen molar-refractivity contribution in [3.8, 4) is 11.8 Å². The number of aromatic carboxylic acids is 1. The lowest BCUT2D eigenvalue weighted by molar-refractivity contribution is 0.0693. The van der Waals surface area contributed by atoms with E-state index < -0.39 is 12.0 Å². The van der Waals surface area contributed by atoms with Crippen LogP contribution in [0.2, 0.25) is 0 Å². The van der Waals surface area contributed by atoms with Crippen LogP contribution in [0, 0.1) is 11.3 Å². The number of amides is 2. The average Bonchev–Trinajstić information content (AvgIpc) is 2.37. The molecule has 0 radical (unpaired) electrons. The highest BCUT2D eigenvalue weighted by Crippen LogP contribution is 2.21. The lowest BCUT2D eigenvalue weighted by Crippen LogP contribution is -2.32. The van der Waals surface area contributed by atoms with E-state index in [1.165, 1.54) is 24.1 Å². The number of phenols is 1. The number of carbonyl (C=O) groups is 2. The predicted molar refractivity (Wildman–Crippen MR) is 66.9 cm³/mol. The number of rotatable bonds is 4. The van der Waals surface area contributed by atoms with Gasteiger partial charge >= 0.3 is 12.0 Å². The highest BCUT2D eigenvalue weighted by Gasteiger charge is 2.13. The zero-order valence-electron chi connectivity index (χ0n) is 10.3. The molecule has 19 heavy (non-hydrogen) atoms. The van der Waals surface area contributed by atoms with Gasteiger partial charge in [0.15, 0.2) is 0 Å². The molecule has 0 aliphatic carbocycles. The second kappa shape index (κ2) is 6.26. The Bertz CT molecular complexity index is 536. The molecule has 2 amide bonds.